The molecule has 0 saturated carbocycles. The molecule has 6 nitrogen and oxygen atoms in total. The largest absolute Gasteiger partial charge is 0.497 e. The molecule has 0 saturated heterocycles. The van der Waals surface area contributed by atoms with Gasteiger partial charge in [-0.25, -0.2) is 18.1 Å². The van der Waals surface area contributed by atoms with Crippen molar-refractivity contribution in [2.45, 2.75) is 18.4 Å². The molecular weight excluding hydrogens is 268 g/mol. The van der Waals surface area contributed by atoms with Crippen LogP contribution in [-0.4, -0.2) is 20.5 Å². The predicted octanol–water partition coefficient (Wildman–Crippen LogP) is 1.47. The Morgan fingerprint density at radius 1 is 1.32 bits per heavy atom. The number of benzene rings is 1. The number of rotatable bonds is 5. The number of ether oxygens (including phenoxy) is 1. The Morgan fingerprint density at radius 2 is 2.00 bits per heavy atom. The lowest BCUT2D eigenvalue weighted by Gasteiger charge is -2.05. The molecule has 0 spiro atoms. The molecule has 0 atom stereocenters. The van der Waals surface area contributed by atoms with Gasteiger partial charge in [-0.05, 0) is 31.2 Å². The van der Waals surface area contributed by atoms with Crippen LogP contribution in [0.1, 0.15) is 11.7 Å². The van der Waals surface area contributed by atoms with Gasteiger partial charge in [-0.1, -0.05) is 0 Å². The average molecular weight is 282 g/mol. The minimum Gasteiger partial charge on any atom is -0.497 e. The van der Waals surface area contributed by atoms with E-state index >= 15 is 0 Å². The Bertz CT molecular complexity index is 647. The summed E-state index contributed by atoms with van der Waals surface area (Å²) >= 11 is 0. The summed E-state index contributed by atoms with van der Waals surface area (Å²) in [5.74, 6) is 1.57. The third-order valence-electron chi connectivity index (χ3n) is 2.45. The van der Waals surface area contributed by atoms with Crippen molar-refractivity contribution in [2.24, 2.45) is 0 Å². The second-order valence-corrected chi connectivity index (χ2v) is 5.63. The van der Waals surface area contributed by atoms with Gasteiger partial charge in [0.25, 0.3) is 0 Å². The summed E-state index contributed by atoms with van der Waals surface area (Å²) in [6, 6.07) is 6.12. The topological polar surface area (TPSA) is 81.4 Å². The van der Waals surface area contributed by atoms with Gasteiger partial charge in [0.15, 0.2) is 0 Å². The highest BCUT2D eigenvalue weighted by molar-refractivity contribution is 7.89. The van der Waals surface area contributed by atoms with Crippen LogP contribution in [0.2, 0.25) is 0 Å². The molecule has 19 heavy (non-hydrogen) atoms. The zero-order valence-corrected chi connectivity index (χ0v) is 11.4. The lowest BCUT2D eigenvalue weighted by atomic mass is 10.3. The van der Waals surface area contributed by atoms with Gasteiger partial charge in [0.1, 0.15) is 11.5 Å². The molecule has 0 aliphatic heterocycles. The summed E-state index contributed by atoms with van der Waals surface area (Å²) in [5.41, 5.74) is 0. The highest BCUT2D eigenvalue weighted by Crippen LogP contribution is 2.15. The number of nitrogens with one attached hydrogen (secondary N) is 1. The van der Waals surface area contributed by atoms with E-state index in [1.54, 1.807) is 19.1 Å². The van der Waals surface area contributed by atoms with Crippen molar-refractivity contribution >= 4 is 10.0 Å². The van der Waals surface area contributed by atoms with Crippen LogP contribution in [0, 0.1) is 6.92 Å². The standard InChI is InChI=1S/C12H14N2O4S/c1-9-7-13-12(18-9)8-14-19(15,16)11-5-3-10(17-2)4-6-11/h3-7,14H,8H2,1-2H3. The zero-order chi connectivity index (χ0) is 13.9. The molecule has 1 N–H and O–H groups in total. The Morgan fingerprint density at radius 3 is 2.53 bits per heavy atom. The fraction of sp³-hybridized carbons (Fsp3) is 0.250. The number of hydrogen-bond donors (Lipinski definition) is 1. The van der Waals surface area contributed by atoms with Crippen molar-refractivity contribution in [2.75, 3.05) is 7.11 Å². The first kappa shape index (κ1) is 13.6. The van der Waals surface area contributed by atoms with E-state index < -0.39 is 10.0 Å². The smallest absolute Gasteiger partial charge is 0.241 e. The number of hydrogen-bond acceptors (Lipinski definition) is 5. The number of methoxy groups -OCH3 is 1. The molecule has 2 aromatic rings. The van der Waals surface area contributed by atoms with Gasteiger partial charge in [-0.3, -0.25) is 0 Å². The summed E-state index contributed by atoms with van der Waals surface area (Å²) in [5, 5.41) is 0. The van der Waals surface area contributed by atoms with Gasteiger partial charge in [0, 0.05) is 0 Å². The number of aryl methyl sites for hydroxylation is 1. The van der Waals surface area contributed by atoms with Crippen LogP contribution in [0.5, 0.6) is 5.75 Å². The van der Waals surface area contributed by atoms with Crippen molar-refractivity contribution in [1.29, 1.82) is 0 Å². The molecule has 0 fully saturated rings. The summed E-state index contributed by atoms with van der Waals surface area (Å²) in [6.07, 6.45) is 1.54. The summed E-state index contributed by atoms with van der Waals surface area (Å²) in [6.45, 7) is 1.76. The maximum absolute atomic E-state index is 12.0. The molecular formula is C12H14N2O4S. The van der Waals surface area contributed by atoms with Gasteiger partial charge in [0.05, 0.1) is 24.7 Å². The maximum atomic E-state index is 12.0. The van der Waals surface area contributed by atoms with Crippen LogP contribution in [-0.2, 0) is 16.6 Å². The Kier molecular flexibility index (Phi) is 3.87. The van der Waals surface area contributed by atoms with Gasteiger partial charge < -0.3 is 9.15 Å². The number of nitrogens with zero attached hydrogens (tertiary/aromatic N) is 1. The average Bonchev–Trinajstić information content (AvgIpc) is 2.82. The molecule has 0 bridgehead atoms. The van der Waals surface area contributed by atoms with E-state index in [-0.39, 0.29) is 11.4 Å². The molecule has 0 radical (unpaired) electrons. The molecule has 1 aromatic heterocycles. The fourth-order valence-corrected chi connectivity index (χ4v) is 2.45. The number of aromatic nitrogens is 1. The van der Waals surface area contributed by atoms with Crippen LogP contribution < -0.4 is 9.46 Å². The molecule has 1 heterocycles. The minimum absolute atomic E-state index is 0.0161. The molecule has 102 valence electrons. The molecule has 0 amide bonds. The SMILES string of the molecule is COc1ccc(S(=O)(=O)NCc2ncc(C)o2)cc1. The van der Waals surface area contributed by atoms with Crippen molar-refractivity contribution in [3.8, 4) is 5.75 Å². The molecule has 7 heteroatoms. The van der Waals surface area contributed by atoms with Gasteiger partial charge in [-0.15, -0.1) is 0 Å². The van der Waals surface area contributed by atoms with E-state index in [1.807, 2.05) is 0 Å². The first-order valence-electron chi connectivity index (χ1n) is 5.56. The van der Waals surface area contributed by atoms with Crippen LogP contribution in [0.15, 0.2) is 39.8 Å². The zero-order valence-electron chi connectivity index (χ0n) is 10.6. The Hall–Kier alpha value is -1.86. The fourth-order valence-electron chi connectivity index (χ4n) is 1.48. The molecule has 0 aliphatic carbocycles. The van der Waals surface area contributed by atoms with Crippen molar-refractivity contribution in [3.05, 3.63) is 42.1 Å². The third kappa shape index (κ3) is 3.33. The second kappa shape index (κ2) is 5.41. The predicted molar refractivity (Wildman–Crippen MR) is 68.3 cm³/mol. The quantitative estimate of drug-likeness (QED) is 0.898. The second-order valence-electron chi connectivity index (χ2n) is 3.86. The van der Waals surface area contributed by atoms with Crippen LogP contribution in [0.25, 0.3) is 0 Å². The van der Waals surface area contributed by atoms with Crippen molar-refractivity contribution < 1.29 is 17.6 Å². The first-order valence-corrected chi connectivity index (χ1v) is 7.04. The van der Waals surface area contributed by atoms with Crippen molar-refractivity contribution in [3.63, 3.8) is 0 Å². The van der Waals surface area contributed by atoms with Crippen molar-refractivity contribution in [1.82, 2.24) is 9.71 Å². The van der Waals surface area contributed by atoms with E-state index in [0.717, 1.165) is 0 Å². The molecule has 2 rings (SSSR count). The lowest BCUT2D eigenvalue weighted by Crippen LogP contribution is -2.23. The van der Waals surface area contributed by atoms with Crippen LogP contribution in [0.4, 0.5) is 0 Å². The maximum Gasteiger partial charge on any atom is 0.241 e. The van der Waals surface area contributed by atoms with E-state index in [0.29, 0.717) is 17.4 Å². The van der Waals surface area contributed by atoms with Gasteiger partial charge >= 0.3 is 0 Å². The highest BCUT2D eigenvalue weighted by atomic mass is 32.2. The molecule has 0 aliphatic rings. The molecule has 0 unspecified atom stereocenters. The lowest BCUT2D eigenvalue weighted by molar-refractivity contribution is 0.414. The summed E-state index contributed by atoms with van der Waals surface area (Å²) in [4.78, 5) is 4.09. The van der Waals surface area contributed by atoms with Gasteiger partial charge in [0.2, 0.25) is 15.9 Å². The minimum atomic E-state index is -3.58. The van der Waals surface area contributed by atoms with E-state index in [9.17, 15) is 8.42 Å². The number of sulfonamides is 1. The molecule has 1 aromatic carbocycles. The van der Waals surface area contributed by atoms with Crippen LogP contribution >= 0.6 is 0 Å². The first-order chi connectivity index (χ1) is 9.01. The number of oxazole rings is 1. The highest BCUT2D eigenvalue weighted by Gasteiger charge is 2.14. The van der Waals surface area contributed by atoms with Crippen LogP contribution in [0.3, 0.4) is 0 Å². The summed E-state index contributed by atoms with van der Waals surface area (Å²) in [7, 11) is -2.06. The van der Waals surface area contributed by atoms with Gasteiger partial charge in [-0.2, -0.15) is 0 Å². The Labute approximate surface area is 111 Å². The monoisotopic (exact) mass is 282 g/mol. The normalized spacial score (nSPS) is 11.5. The van der Waals surface area contributed by atoms with E-state index in [2.05, 4.69) is 9.71 Å². The van der Waals surface area contributed by atoms with E-state index in [1.165, 1.54) is 25.4 Å². The third-order valence-corrected chi connectivity index (χ3v) is 3.87. The van der Waals surface area contributed by atoms with E-state index in [4.69, 9.17) is 9.15 Å². The summed E-state index contributed by atoms with van der Waals surface area (Å²) < 4.78 is 36.6. The Balaban J connectivity index is 2.09.